The molecule has 2 aromatic rings. The van der Waals surface area contributed by atoms with E-state index in [1.807, 2.05) is 0 Å². The van der Waals surface area contributed by atoms with Crippen LogP contribution in [0.15, 0.2) is 47.4 Å². The molecule has 0 aliphatic carbocycles. The van der Waals surface area contributed by atoms with Crippen LogP contribution >= 0.6 is 0 Å². The molecule has 0 radical (unpaired) electrons. The van der Waals surface area contributed by atoms with Crippen molar-refractivity contribution in [2.75, 3.05) is 18.4 Å². The number of carbonyl (C=O) groups is 1. The number of hydrogen-bond acceptors (Lipinski definition) is 3. The van der Waals surface area contributed by atoms with Crippen LogP contribution in [0, 0.1) is 6.92 Å². The van der Waals surface area contributed by atoms with Gasteiger partial charge in [0.1, 0.15) is 0 Å². The number of para-hydroxylation sites is 1. The van der Waals surface area contributed by atoms with Crippen LogP contribution in [0.3, 0.4) is 0 Å². The molecule has 29 heavy (non-hydrogen) atoms. The van der Waals surface area contributed by atoms with Gasteiger partial charge in [-0.2, -0.15) is 17.5 Å². The van der Waals surface area contributed by atoms with Gasteiger partial charge in [0.05, 0.1) is 16.1 Å². The molecule has 1 aliphatic rings. The van der Waals surface area contributed by atoms with Crippen LogP contribution in [0.2, 0.25) is 0 Å². The van der Waals surface area contributed by atoms with Gasteiger partial charge >= 0.3 is 6.18 Å². The lowest BCUT2D eigenvalue weighted by Crippen LogP contribution is -2.36. The third-order valence-electron chi connectivity index (χ3n) is 4.86. The minimum absolute atomic E-state index is 0.00356. The quantitative estimate of drug-likeness (QED) is 0.786. The number of amides is 1. The number of benzene rings is 2. The van der Waals surface area contributed by atoms with Crippen LogP contribution in [0.4, 0.5) is 18.9 Å². The Morgan fingerprint density at radius 3 is 2.34 bits per heavy atom. The summed E-state index contributed by atoms with van der Waals surface area (Å²) < 4.78 is 66.8. The molecule has 1 aliphatic heterocycles. The van der Waals surface area contributed by atoms with Gasteiger partial charge in [-0.05, 0) is 49.6 Å². The highest BCUT2D eigenvalue weighted by molar-refractivity contribution is 7.89. The third kappa shape index (κ3) is 4.62. The predicted molar refractivity (Wildman–Crippen MR) is 103 cm³/mol. The fraction of sp³-hybridized carbons (Fsp3) is 0.350. The maximum atomic E-state index is 13.1. The second-order valence-corrected chi connectivity index (χ2v) is 8.85. The number of piperidine rings is 1. The first-order valence-corrected chi connectivity index (χ1v) is 10.6. The number of sulfonamides is 1. The first-order chi connectivity index (χ1) is 13.6. The minimum Gasteiger partial charge on any atom is -0.321 e. The largest absolute Gasteiger partial charge is 0.418 e. The minimum atomic E-state index is -4.63. The topological polar surface area (TPSA) is 66.5 Å². The normalized spacial score (nSPS) is 15.9. The van der Waals surface area contributed by atoms with Crippen molar-refractivity contribution in [3.05, 3.63) is 59.2 Å². The molecule has 9 heteroatoms. The van der Waals surface area contributed by atoms with Crippen LogP contribution in [0.1, 0.15) is 40.7 Å². The van der Waals surface area contributed by atoms with E-state index in [0.29, 0.717) is 18.7 Å². The van der Waals surface area contributed by atoms with E-state index in [1.54, 1.807) is 6.92 Å². The van der Waals surface area contributed by atoms with Crippen molar-refractivity contribution in [3.63, 3.8) is 0 Å². The molecule has 0 aromatic heterocycles. The highest BCUT2D eigenvalue weighted by Crippen LogP contribution is 2.35. The number of aryl methyl sites for hydroxylation is 1. The summed E-state index contributed by atoms with van der Waals surface area (Å²) in [5.74, 6) is -0.809. The van der Waals surface area contributed by atoms with Crippen molar-refractivity contribution in [1.29, 1.82) is 0 Å². The zero-order valence-corrected chi connectivity index (χ0v) is 16.6. The summed E-state index contributed by atoms with van der Waals surface area (Å²) >= 11 is 0. The molecule has 1 amide bonds. The Balaban J connectivity index is 1.91. The number of anilines is 1. The molecular formula is C20H21F3N2O3S. The molecule has 1 N–H and O–H groups in total. The Morgan fingerprint density at radius 1 is 1.03 bits per heavy atom. The summed E-state index contributed by atoms with van der Waals surface area (Å²) in [7, 11) is -3.78. The van der Waals surface area contributed by atoms with Crippen LogP contribution in [-0.2, 0) is 16.2 Å². The summed E-state index contributed by atoms with van der Waals surface area (Å²) in [5, 5.41) is 2.24. The molecule has 3 rings (SSSR count). The average molecular weight is 426 g/mol. The predicted octanol–water partition coefficient (Wildman–Crippen LogP) is 4.44. The number of nitrogens with one attached hydrogen (secondary N) is 1. The van der Waals surface area contributed by atoms with Gasteiger partial charge in [-0.15, -0.1) is 0 Å². The summed E-state index contributed by atoms with van der Waals surface area (Å²) in [6, 6.07) is 8.75. The molecule has 0 spiro atoms. The van der Waals surface area contributed by atoms with E-state index in [0.717, 1.165) is 31.4 Å². The van der Waals surface area contributed by atoms with E-state index in [2.05, 4.69) is 5.32 Å². The van der Waals surface area contributed by atoms with Gasteiger partial charge in [0, 0.05) is 18.7 Å². The zero-order valence-electron chi connectivity index (χ0n) is 15.8. The van der Waals surface area contributed by atoms with E-state index in [1.165, 1.54) is 34.6 Å². The molecular weight excluding hydrogens is 405 g/mol. The van der Waals surface area contributed by atoms with Gasteiger partial charge in [-0.1, -0.05) is 24.6 Å². The second-order valence-electron chi connectivity index (χ2n) is 6.94. The molecule has 5 nitrogen and oxygen atoms in total. The Hall–Kier alpha value is -2.39. The van der Waals surface area contributed by atoms with Gasteiger partial charge < -0.3 is 5.32 Å². The molecule has 0 unspecified atom stereocenters. The van der Waals surface area contributed by atoms with Crippen molar-refractivity contribution >= 4 is 21.6 Å². The van der Waals surface area contributed by atoms with Crippen LogP contribution in [0.5, 0.6) is 0 Å². The van der Waals surface area contributed by atoms with Gasteiger partial charge in [0.25, 0.3) is 5.91 Å². The Bertz CT molecular complexity index is 1010. The van der Waals surface area contributed by atoms with Crippen molar-refractivity contribution in [1.82, 2.24) is 4.31 Å². The van der Waals surface area contributed by atoms with Gasteiger partial charge in [0.2, 0.25) is 10.0 Å². The maximum absolute atomic E-state index is 13.1. The smallest absolute Gasteiger partial charge is 0.321 e. The van der Waals surface area contributed by atoms with E-state index in [-0.39, 0.29) is 16.1 Å². The number of halogens is 3. The Morgan fingerprint density at radius 2 is 1.69 bits per heavy atom. The van der Waals surface area contributed by atoms with Crippen LogP contribution in [-0.4, -0.2) is 31.7 Å². The monoisotopic (exact) mass is 426 g/mol. The highest BCUT2D eigenvalue weighted by atomic mass is 32.2. The fourth-order valence-corrected chi connectivity index (χ4v) is 5.07. The van der Waals surface area contributed by atoms with Gasteiger partial charge in [-0.25, -0.2) is 8.42 Å². The SMILES string of the molecule is Cc1ccc(C(=O)Nc2ccccc2C(F)(F)F)cc1S(=O)(=O)N1CCCCC1. The highest BCUT2D eigenvalue weighted by Gasteiger charge is 2.34. The molecule has 156 valence electrons. The van der Waals surface area contributed by atoms with Crippen molar-refractivity contribution in [3.8, 4) is 0 Å². The Kier molecular flexibility index (Phi) is 6.00. The molecule has 0 bridgehead atoms. The molecule has 1 saturated heterocycles. The van der Waals surface area contributed by atoms with Crippen LogP contribution < -0.4 is 5.32 Å². The van der Waals surface area contributed by atoms with E-state index >= 15 is 0 Å². The van der Waals surface area contributed by atoms with Crippen molar-refractivity contribution in [2.45, 2.75) is 37.3 Å². The van der Waals surface area contributed by atoms with E-state index < -0.39 is 27.7 Å². The van der Waals surface area contributed by atoms with Crippen molar-refractivity contribution < 1.29 is 26.4 Å². The first-order valence-electron chi connectivity index (χ1n) is 9.19. The molecule has 1 heterocycles. The average Bonchev–Trinajstić information content (AvgIpc) is 2.68. The van der Waals surface area contributed by atoms with Crippen molar-refractivity contribution in [2.24, 2.45) is 0 Å². The summed E-state index contributed by atoms with van der Waals surface area (Å²) in [6.07, 6.45) is -2.12. The number of alkyl halides is 3. The zero-order chi connectivity index (χ0) is 21.2. The summed E-state index contributed by atoms with van der Waals surface area (Å²) in [4.78, 5) is 12.6. The maximum Gasteiger partial charge on any atom is 0.418 e. The molecule has 2 aromatic carbocycles. The molecule has 0 atom stereocenters. The lowest BCUT2D eigenvalue weighted by molar-refractivity contribution is -0.136. The Labute approximate surface area is 167 Å². The van der Waals surface area contributed by atoms with Crippen LogP contribution in [0.25, 0.3) is 0 Å². The molecule has 1 fully saturated rings. The number of carbonyl (C=O) groups excluding carboxylic acids is 1. The lowest BCUT2D eigenvalue weighted by Gasteiger charge is -2.26. The lowest BCUT2D eigenvalue weighted by atomic mass is 10.1. The van der Waals surface area contributed by atoms with E-state index in [4.69, 9.17) is 0 Å². The fourth-order valence-electron chi connectivity index (χ4n) is 3.30. The number of rotatable bonds is 4. The second kappa shape index (κ2) is 8.16. The summed E-state index contributed by atoms with van der Waals surface area (Å²) in [6.45, 7) is 2.45. The summed E-state index contributed by atoms with van der Waals surface area (Å²) in [5.41, 5.74) is -0.904. The third-order valence-corrected chi connectivity index (χ3v) is 6.90. The van der Waals surface area contributed by atoms with Gasteiger partial charge in [-0.3, -0.25) is 4.79 Å². The van der Waals surface area contributed by atoms with E-state index in [9.17, 15) is 26.4 Å². The van der Waals surface area contributed by atoms with Gasteiger partial charge in [0.15, 0.2) is 0 Å². The standard InChI is InChI=1S/C20H21F3N2O3S/c1-14-9-10-15(13-18(14)29(27,28)25-11-5-2-6-12-25)19(26)24-17-8-4-3-7-16(17)20(21,22)23/h3-4,7-10,13H,2,5-6,11-12H2,1H3,(H,24,26). The first kappa shape index (κ1) is 21.3. The number of hydrogen-bond donors (Lipinski definition) is 1. The number of nitrogens with zero attached hydrogens (tertiary/aromatic N) is 1. The molecule has 0 saturated carbocycles.